The van der Waals surface area contributed by atoms with Crippen molar-refractivity contribution in [3.63, 3.8) is 0 Å². The third kappa shape index (κ3) is 51.1. The first kappa shape index (κ1) is 62.8. The number of ether oxygens (including phenoxy) is 1. The van der Waals surface area contributed by atoms with Gasteiger partial charge in [-0.1, -0.05) is 249 Å². The molecule has 2 unspecified atom stereocenters. The van der Waals surface area contributed by atoms with E-state index in [0.717, 1.165) is 51.4 Å². The summed E-state index contributed by atoms with van der Waals surface area (Å²) in [7, 11) is 0. The molecule has 3 N–H and O–H groups in total. The third-order valence-electron chi connectivity index (χ3n) is 12.8. The van der Waals surface area contributed by atoms with E-state index in [1.165, 1.54) is 212 Å². The zero-order valence-corrected chi connectivity index (χ0v) is 43.2. The topological polar surface area (TPSA) is 95.9 Å². The first-order valence-corrected chi connectivity index (χ1v) is 28.4. The van der Waals surface area contributed by atoms with Crippen molar-refractivity contribution in [2.45, 2.75) is 302 Å². The normalized spacial score (nSPS) is 13.0. The Morgan fingerprint density at radius 3 is 1.18 bits per heavy atom. The number of aliphatic hydroxyl groups is 2. The second-order valence-corrected chi connectivity index (χ2v) is 19.3. The minimum Gasteiger partial charge on any atom is -0.465 e. The minimum atomic E-state index is -0.847. The van der Waals surface area contributed by atoms with Crippen LogP contribution in [0.15, 0.2) is 48.6 Å². The molecule has 6 heteroatoms. The van der Waals surface area contributed by atoms with E-state index in [-0.39, 0.29) is 18.5 Å². The van der Waals surface area contributed by atoms with E-state index < -0.39 is 12.1 Å². The third-order valence-corrected chi connectivity index (χ3v) is 12.8. The van der Waals surface area contributed by atoms with Gasteiger partial charge in [-0.05, 0) is 77.0 Å². The Kier molecular flexibility index (Phi) is 52.6. The van der Waals surface area contributed by atoms with Crippen LogP contribution in [0.25, 0.3) is 0 Å². The highest BCUT2D eigenvalue weighted by molar-refractivity contribution is 5.76. The van der Waals surface area contributed by atoms with E-state index in [1.807, 2.05) is 6.08 Å². The number of rotatable bonds is 52. The van der Waals surface area contributed by atoms with E-state index in [1.54, 1.807) is 6.08 Å². The SMILES string of the molecule is CCCCCCCC/C=C\CCCCCCCCCC(=O)OCC/C=C\C/C=C\CCCCCCCCCCCCCCCCC(=O)NC(CO)C(O)/C=C/CCCCCCCCCC. The summed E-state index contributed by atoms with van der Waals surface area (Å²) in [4.78, 5) is 24.4. The van der Waals surface area contributed by atoms with Crippen molar-refractivity contribution in [3.8, 4) is 0 Å². The van der Waals surface area contributed by atoms with Gasteiger partial charge in [0.05, 0.1) is 25.4 Å². The predicted octanol–water partition coefficient (Wildman–Crippen LogP) is 17.4. The Morgan fingerprint density at radius 2 is 0.769 bits per heavy atom. The van der Waals surface area contributed by atoms with E-state index in [9.17, 15) is 19.8 Å². The summed E-state index contributed by atoms with van der Waals surface area (Å²) < 4.78 is 5.42. The molecule has 0 aromatic rings. The molecule has 0 rings (SSSR count). The van der Waals surface area contributed by atoms with Crippen molar-refractivity contribution in [3.05, 3.63) is 48.6 Å². The summed E-state index contributed by atoms with van der Waals surface area (Å²) in [5.41, 5.74) is 0. The Labute approximate surface area is 404 Å². The van der Waals surface area contributed by atoms with E-state index >= 15 is 0 Å². The molecule has 0 aromatic carbocycles. The lowest BCUT2D eigenvalue weighted by molar-refractivity contribution is -0.143. The zero-order chi connectivity index (χ0) is 47.2. The molecule has 0 radical (unpaired) electrons. The van der Waals surface area contributed by atoms with Crippen LogP contribution in [-0.2, 0) is 14.3 Å². The van der Waals surface area contributed by atoms with Gasteiger partial charge in [0.25, 0.3) is 0 Å². The average Bonchev–Trinajstić information content (AvgIpc) is 3.31. The molecular formula is C59H109NO5. The number of esters is 1. The van der Waals surface area contributed by atoms with Gasteiger partial charge in [0, 0.05) is 12.8 Å². The van der Waals surface area contributed by atoms with Gasteiger partial charge < -0.3 is 20.3 Å². The van der Waals surface area contributed by atoms with Crippen molar-refractivity contribution in [2.75, 3.05) is 13.2 Å². The average molecular weight is 913 g/mol. The number of carbonyl (C=O) groups excluding carboxylic acids is 2. The summed E-state index contributed by atoms with van der Waals surface area (Å²) in [5, 5.41) is 23.0. The van der Waals surface area contributed by atoms with Gasteiger partial charge in [-0.2, -0.15) is 0 Å². The number of allylic oxidation sites excluding steroid dienone is 6. The second kappa shape index (κ2) is 54.4. The molecule has 0 spiro atoms. The van der Waals surface area contributed by atoms with E-state index in [4.69, 9.17) is 4.74 Å². The molecule has 0 aliphatic carbocycles. The summed E-state index contributed by atoms with van der Waals surface area (Å²) in [6, 6.07) is -0.631. The number of unbranched alkanes of at least 4 members (excludes halogenated alkanes) is 35. The maximum atomic E-state index is 12.4. The number of carbonyl (C=O) groups is 2. The standard InChI is InChI=1S/C59H109NO5/c1-3-5-7-9-11-13-15-16-17-23-27-30-33-37-41-45-49-53-59(64)65-54-50-46-42-38-34-31-28-25-22-20-18-19-21-24-26-29-32-36-40-44-48-52-58(63)60-56(55-61)57(62)51-47-43-39-35-14-12-10-8-6-4-2/h16-17,31,34,42,46-47,51,56-57,61-62H,3-15,18-30,32-33,35-41,43-45,48-50,52-55H2,1-2H3,(H,60,63)/b17-16-,34-31-,46-42-,51-47+. The smallest absolute Gasteiger partial charge is 0.305 e. The Balaban J connectivity index is 3.46. The lowest BCUT2D eigenvalue weighted by atomic mass is 10.0. The highest BCUT2D eigenvalue weighted by Gasteiger charge is 2.18. The zero-order valence-electron chi connectivity index (χ0n) is 43.2. The van der Waals surface area contributed by atoms with Gasteiger partial charge in [-0.25, -0.2) is 0 Å². The first-order valence-electron chi connectivity index (χ1n) is 28.4. The van der Waals surface area contributed by atoms with Crippen LogP contribution in [0.5, 0.6) is 0 Å². The van der Waals surface area contributed by atoms with Gasteiger partial charge in [0.15, 0.2) is 0 Å². The fourth-order valence-corrected chi connectivity index (χ4v) is 8.47. The van der Waals surface area contributed by atoms with Crippen LogP contribution in [-0.4, -0.2) is 47.4 Å². The first-order chi connectivity index (χ1) is 32.0. The monoisotopic (exact) mass is 912 g/mol. The molecule has 0 heterocycles. The van der Waals surface area contributed by atoms with Gasteiger partial charge in [-0.3, -0.25) is 9.59 Å². The summed E-state index contributed by atoms with van der Waals surface area (Å²) in [6.07, 6.45) is 68.7. The van der Waals surface area contributed by atoms with Crippen LogP contribution in [0.4, 0.5) is 0 Å². The maximum absolute atomic E-state index is 12.4. The molecule has 380 valence electrons. The molecular weight excluding hydrogens is 803 g/mol. The van der Waals surface area contributed by atoms with Crippen LogP contribution in [0, 0.1) is 0 Å². The van der Waals surface area contributed by atoms with E-state index in [0.29, 0.717) is 19.4 Å². The fourth-order valence-electron chi connectivity index (χ4n) is 8.47. The van der Waals surface area contributed by atoms with Gasteiger partial charge in [-0.15, -0.1) is 0 Å². The van der Waals surface area contributed by atoms with Gasteiger partial charge >= 0.3 is 5.97 Å². The number of hydrogen-bond acceptors (Lipinski definition) is 5. The van der Waals surface area contributed by atoms with Crippen molar-refractivity contribution >= 4 is 11.9 Å². The van der Waals surface area contributed by atoms with E-state index in [2.05, 4.69) is 55.6 Å². The van der Waals surface area contributed by atoms with Crippen LogP contribution in [0.3, 0.4) is 0 Å². The highest BCUT2D eigenvalue weighted by Crippen LogP contribution is 2.16. The van der Waals surface area contributed by atoms with Crippen LogP contribution >= 0.6 is 0 Å². The van der Waals surface area contributed by atoms with Crippen molar-refractivity contribution in [1.29, 1.82) is 0 Å². The molecule has 2 atom stereocenters. The molecule has 0 bridgehead atoms. The molecule has 0 aliphatic rings. The molecule has 0 saturated carbocycles. The molecule has 1 amide bonds. The summed E-state index contributed by atoms with van der Waals surface area (Å²) >= 11 is 0. The van der Waals surface area contributed by atoms with Gasteiger partial charge in [0.1, 0.15) is 0 Å². The number of amides is 1. The predicted molar refractivity (Wildman–Crippen MR) is 282 cm³/mol. The van der Waals surface area contributed by atoms with Crippen LogP contribution in [0.1, 0.15) is 290 Å². The lowest BCUT2D eigenvalue weighted by Crippen LogP contribution is -2.45. The lowest BCUT2D eigenvalue weighted by Gasteiger charge is -2.20. The maximum Gasteiger partial charge on any atom is 0.305 e. The molecule has 0 fully saturated rings. The Bertz CT molecular complexity index is 1100. The molecule has 6 nitrogen and oxygen atoms in total. The Morgan fingerprint density at radius 1 is 0.431 bits per heavy atom. The van der Waals surface area contributed by atoms with Crippen molar-refractivity contribution in [1.82, 2.24) is 5.32 Å². The van der Waals surface area contributed by atoms with Crippen LogP contribution in [0.2, 0.25) is 0 Å². The number of aliphatic hydroxyl groups excluding tert-OH is 2. The van der Waals surface area contributed by atoms with Crippen molar-refractivity contribution in [2.24, 2.45) is 0 Å². The summed E-state index contributed by atoms with van der Waals surface area (Å²) in [6.45, 7) is 4.77. The molecule has 0 aliphatic heterocycles. The number of hydrogen-bond donors (Lipinski definition) is 3. The fraction of sp³-hybridized carbons (Fsp3) is 0.831. The molecule has 65 heavy (non-hydrogen) atoms. The largest absolute Gasteiger partial charge is 0.465 e. The minimum absolute atomic E-state index is 0.0399. The Hall–Kier alpha value is -2.18. The quantitative estimate of drug-likeness (QED) is 0.0321. The number of nitrogens with one attached hydrogen (secondary N) is 1. The summed E-state index contributed by atoms with van der Waals surface area (Å²) in [5.74, 6) is -0.115. The van der Waals surface area contributed by atoms with Crippen LogP contribution < -0.4 is 5.32 Å². The van der Waals surface area contributed by atoms with Crippen molar-refractivity contribution < 1.29 is 24.5 Å². The van der Waals surface area contributed by atoms with Gasteiger partial charge in [0.2, 0.25) is 5.91 Å². The highest BCUT2D eigenvalue weighted by atomic mass is 16.5. The molecule has 0 saturated heterocycles. The molecule has 0 aromatic heterocycles. The second-order valence-electron chi connectivity index (χ2n) is 19.3.